The first-order valence-electron chi connectivity index (χ1n) is 7.26. The third-order valence-electron chi connectivity index (χ3n) is 3.96. The standard InChI is InChI=1S/C18H21NO/c1-13-6-8-16-11-15(7-9-18(16)19-13)10-14-4-3-5-17(12-14)20-2/h3-5,7,9,11-13,19H,6,8,10H2,1-2H3. The minimum Gasteiger partial charge on any atom is -0.497 e. The number of methoxy groups -OCH3 is 1. The third-order valence-corrected chi connectivity index (χ3v) is 3.96. The Hall–Kier alpha value is -1.96. The fourth-order valence-corrected chi connectivity index (χ4v) is 2.83. The molecule has 2 aromatic rings. The van der Waals surface area contributed by atoms with Crippen molar-refractivity contribution < 1.29 is 4.74 Å². The van der Waals surface area contributed by atoms with Crippen molar-refractivity contribution in [3.63, 3.8) is 0 Å². The van der Waals surface area contributed by atoms with Gasteiger partial charge in [0.1, 0.15) is 5.75 Å². The molecule has 1 N–H and O–H groups in total. The van der Waals surface area contributed by atoms with Gasteiger partial charge in [-0.15, -0.1) is 0 Å². The van der Waals surface area contributed by atoms with Gasteiger partial charge in [0.25, 0.3) is 0 Å². The van der Waals surface area contributed by atoms with E-state index in [1.54, 1.807) is 7.11 Å². The zero-order valence-electron chi connectivity index (χ0n) is 12.1. The van der Waals surface area contributed by atoms with Crippen LogP contribution in [0.25, 0.3) is 0 Å². The summed E-state index contributed by atoms with van der Waals surface area (Å²) in [6, 6.07) is 15.7. The number of anilines is 1. The highest BCUT2D eigenvalue weighted by molar-refractivity contribution is 5.55. The molecule has 1 aliphatic heterocycles. The third kappa shape index (κ3) is 2.79. The first-order valence-corrected chi connectivity index (χ1v) is 7.26. The van der Waals surface area contributed by atoms with Crippen LogP contribution in [0.4, 0.5) is 5.69 Å². The lowest BCUT2D eigenvalue weighted by Crippen LogP contribution is -2.21. The van der Waals surface area contributed by atoms with E-state index in [4.69, 9.17) is 4.74 Å². The van der Waals surface area contributed by atoms with Crippen molar-refractivity contribution in [2.24, 2.45) is 0 Å². The molecule has 0 amide bonds. The number of rotatable bonds is 3. The van der Waals surface area contributed by atoms with Crippen molar-refractivity contribution >= 4 is 5.69 Å². The van der Waals surface area contributed by atoms with Gasteiger partial charge in [0.05, 0.1) is 7.11 Å². The summed E-state index contributed by atoms with van der Waals surface area (Å²) in [5.74, 6) is 0.927. The van der Waals surface area contributed by atoms with E-state index in [1.807, 2.05) is 6.07 Å². The summed E-state index contributed by atoms with van der Waals surface area (Å²) in [5, 5.41) is 3.55. The zero-order chi connectivity index (χ0) is 13.9. The zero-order valence-corrected chi connectivity index (χ0v) is 12.1. The van der Waals surface area contributed by atoms with E-state index in [0.717, 1.165) is 12.2 Å². The molecule has 0 radical (unpaired) electrons. The van der Waals surface area contributed by atoms with E-state index in [1.165, 1.54) is 35.2 Å². The average Bonchev–Trinajstić information content (AvgIpc) is 2.47. The highest BCUT2D eigenvalue weighted by Gasteiger charge is 2.14. The second-order valence-corrected chi connectivity index (χ2v) is 5.60. The van der Waals surface area contributed by atoms with E-state index in [2.05, 4.69) is 48.6 Å². The molecule has 0 aliphatic carbocycles. The van der Waals surface area contributed by atoms with Crippen LogP contribution in [0.15, 0.2) is 42.5 Å². The number of hydrogen-bond acceptors (Lipinski definition) is 2. The van der Waals surface area contributed by atoms with Gasteiger partial charge < -0.3 is 10.1 Å². The second-order valence-electron chi connectivity index (χ2n) is 5.60. The predicted molar refractivity (Wildman–Crippen MR) is 83.6 cm³/mol. The maximum Gasteiger partial charge on any atom is 0.119 e. The van der Waals surface area contributed by atoms with E-state index in [9.17, 15) is 0 Å². The first-order chi connectivity index (χ1) is 9.74. The second kappa shape index (κ2) is 5.58. The quantitative estimate of drug-likeness (QED) is 0.906. The van der Waals surface area contributed by atoms with Crippen LogP contribution in [0.2, 0.25) is 0 Å². The van der Waals surface area contributed by atoms with Crippen LogP contribution >= 0.6 is 0 Å². The summed E-state index contributed by atoms with van der Waals surface area (Å²) in [6.07, 6.45) is 3.35. The molecular weight excluding hydrogens is 246 g/mol. The van der Waals surface area contributed by atoms with Crippen LogP contribution in [-0.2, 0) is 12.8 Å². The highest BCUT2D eigenvalue weighted by Crippen LogP contribution is 2.27. The van der Waals surface area contributed by atoms with Crippen molar-refractivity contribution in [3.8, 4) is 5.75 Å². The fourth-order valence-electron chi connectivity index (χ4n) is 2.83. The maximum absolute atomic E-state index is 5.28. The number of benzene rings is 2. The minimum atomic E-state index is 0.590. The van der Waals surface area contributed by atoms with E-state index in [0.29, 0.717) is 6.04 Å². The normalized spacial score (nSPS) is 17.2. The van der Waals surface area contributed by atoms with Crippen molar-refractivity contribution in [1.29, 1.82) is 0 Å². The molecule has 20 heavy (non-hydrogen) atoms. The molecule has 1 atom stereocenters. The Labute approximate surface area is 120 Å². The van der Waals surface area contributed by atoms with Crippen molar-refractivity contribution in [3.05, 3.63) is 59.2 Å². The number of nitrogens with one attached hydrogen (secondary N) is 1. The largest absolute Gasteiger partial charge is 0.497 e. The Kier molecular flexibility index (Phi) is 3.64. The molecule has 0 spiro atoms. The molecule has 2 nitrogen and oxygen atoms in total. The monoisotopic (exact) mass is 267 g/mol. The number of aryl methyl sites for hydroxylation is 1. The Balaban J connectivity index is 1.81. The topological polar surface area (TPSA) is 21.3 Å². The summed E-state index contributed by atoms with van der Waals surface area (Å²) in [7, 11) is 1.71. The molecule has 2 heteroatoms. The summed E-state index contributed by atoms with van der Waals surface area (Å²) >= 11 is 0. The van der Waals surface area contributed by atoms with Crippen LogP contribution in [0.3, 0.4) is 0 Å². The molecule has 0 saturated heterocycles. The Morgan fingerprint density at radius 3 is 2.85 bits per heavy atom. The van der Waals surface area contributed by atoms with Crippen LogP contribution in [0, 0.1) is 0 Å². The molecule has 1 unspecified atom stereocenters. The lowest BCUT2D eigenvalue weighted by atomic mass is 9.95. The smallest absolute Gasteiger partial charge is 0.119 e. The molecule has 2 aromatic carbocycles. The molecule has 1 heterocycles. The molecule has 0 bridgehead atoms. The predicted octanol–water partition coefficient (Wildman–Crippen LogP) is 4.03. The maximum atomic E-state index is 5.28. The van der Waals surface area contributed by atoms with E-state index >= 15 is 0 Å². The van der Waals surface area contributed by atoms with Gasteiger partial charge in [-0.1, -0.05) is 24.3 Å². The van der Waals surface area contributed by atoms with Crippen molar-refractivity contribution in [2.45, 2.75) is 32.2 Å². The molecule has 3 rings (SSSR count). The molecule has 0 fully saturated rings. The van der Waals surface area contributed by atoms with Gasteiger partial charge in [0.15, 0.2) is 0 Å². The van der Waals surface area contributed by atoms with E-state index < -0.39 is 0 Å². The number of hydrogen-bond donors (Lipinski definition) is 1. The van der Waals surface area contributed by atoms with Gasteiger partial charge in [0.2, 0.25) is 0 Å². The Morgan fingerprint density at radius 2 is 2.00 bits per heavy atom. The van der Waals surface area contributed by atoms with Gasteiger partial charge in [-0.05, 0) is 61.1 Å². The van der Waals surface area contributed by atoms with Crippen LogP contribution < -0.4 is 10.1 Å². The highest BCUT2D eigenvalue weighted by atomic mass is 16.5. The van der Waals surface area contributed by atoms with Crippen molar-refractivity contribution in [1.82, 2.24) is 0 Å². The summed E-state index contributed by atoms with van der Waals surface area (Å²) in [6.45, 7) is 2.24. The minimum absolute atomic E-state index is 0.590. The lowest BCUT2D eigenvalue weighted by Gasteiger charge is -2.24. The lowest BCUT2D eigenvalue weighted by molar-refractivity contribution is 0.414. The SMILES string of the molecule is COc1cccc(Cc2ccc3c(c2)CCC(C)N3)c1. The fraction of sp³-hybridized carbons (Fsp3) is 0.333. The molecule has 104 valence electrons. The molecule has 0 aromatic heterocycles. The molecule has 0 saturated carbocycles. The van der Waals surface area contributed by atoms with Gasteiger partial charge in [-0.3, -0.25) is 0 Å². The van der Waals surface area contributed by atoms with Gasteiger partial charge >= 0.3 is 0 Å². The number of fused-ring (bicyclic) bond motifs is 1. The first kappa shape index (κ1) is 13.0. The van der Waals surface area contributed by atoms with E-state index in [-0.39, 0.29) is 0 Å². The Bertz CT molecular complexity index is 606. The van der Waals surface area contributed by atoms with Crippen LogP contribution in [0.5, 0.6) is 5.75 Å². The molecular formula is C18H21NO. The summed E-state index contributed by atoms with van der Waals surface area (Å²) in [4.78, 5) is 0. The van der Waals surface area contributed by atoms with Crippen molar-refractivity contribution in [2.75, 3.05) is 12.4 Å². The van der Waals surface area contributed by atoms with Gasteiger partial charge in [-0.25, -0.2) is 0 Å². The molecule has 1 aliphatic rings. The van der Waals surface area contributed by atoms with Crippen LogP contribution in [0.1, 0.15) is 30.0 Å². The summed E-state index contributed by atoms with van der Waals surface area (Å²) in [5.41, 5.74) is 5.41. The van der Waals surface area contributed by atoms with Gasteiger partial charge in [0, 0.05) is 11.7 Å². The summed E-state index contributed by atoms with van der Waals surface area (Å²) < 4.78 is 5.28. The number of ether oxygens (including phenoxy) is 1. The van der Waals surface area contributed by atoms with Gasteiger partial charge in [-0.2, -0.15) is 0 Å². The van der Waals surface area contributed by atoms with Crippen LogP contribution in [-0.4, -0.2) is 13.2 Å². The Morgan fingerprint density at radius 1 is 1.15 bits per heavy atom. The average molecular weight is 267 g/mol.